The summed E-state index contributed by atoms with van der Waals surface area (Å²) in [6, 6.07) is 13.9. The predicted molar refractivity (Wildman–Crippen MR) is 96.0 cm³/mol. The number of rotatable bonds is 6. The van der Waals surface area contributed by atoms with Crippen molar-refractivity contribution in [2.75, 3.05) is 24.5 Å². The molecule has 124 valence electrons. The predicted octanol–water partition coefficient (Wildman–Crippen LogP) is 2.50. The number of pyridine rings is 1. The average Bonchev–Trinajstić information content (AvgIpc) is 3.16. The van der Waals surface area contributed by atoms with Gasteiger partial charge in [0, 0.05) is 50.2 Å². The Labute approximate surface area is 142 Å². The van der Waals surface area contributed by atoms with E-state index in [-0.39, 0.29) is 6.03 Å². The number of urea groups is 1. The lowest BCUT2D eigenvalue weighted by molar-refractivity contribution is 0.240. The first-order chi connectivity index (χ1) is 11.8. The van der Waals surface area contributed by atoms with Crippen molar-refractivity contribution in [3.63, 3.8) is 0 Å². The minimum Gasteiger partial charge on any atom is -0.364 e. The molecule has 0 fully saturated rings. The number of hydrogen-bond donors (Lipinski definition) is 2. The lowest BCUT2D eigenvalue weighted by atomic mass is 10.2. The second kappa shape index (κ2) is 8.15. The molecule has 2 heterocycles. The Hall–Kier alpha value is -2.82. The van der Waals surface area contributed by atoms with Gasteiger partial charge in [0.25, 0.3) is 0 Å². The maximum atomic E-state index is 11.8. The molecule has 0 saturated heterocycles. The Morgan fingerprint density at radius 1 is 1.04 bits per heavy atom. The van der Waals surface area contributed by atoms with Crippen LogP contribution in [0.25, 0.3) is 0 Å². The Morgan fingerprint density at radius 2 is 1.83 bits per heavy atom. The molecule has 0 atom stereocenters. The summed E-state index contributed by atoms with van der Waals surface area (Å²) in [5, 5.41) is 5.73. The fourth-order valence-corrected chi connectivity index (χ4v) is 2.61. The van der Waals surface area contributed by atoms with E-state index >= 15 is 0 Å². The van der Waals surface area contributed by atoms with E-state index < -0.39 is 0 Å². The second-order valence-corrected chi connectivity index (χ2v) is 5.72. The summed E-state index contributed by atoms with van der Waals surface area (Å²) in [5.74, 6) is 0. The molecular formula is C19H22N4O. The summed E-state index contributed by atoms with van der Waals surface area (Å²) in [6.45, 7) is 3.03. The molecule has 5 nitrogen and oxygen atoms in total. The van der Waals surface area contributed by atoms with Gasteiger partial charge < -0.3 is 15.5 Å². The van der Waals surface area contributed by atoms with Crippen LogP contribution in [0.15, 0.2) is 60.8 Å². The lowest BCUT2D eigenvalue weighted by Gasteiger charge is -2.17. The van der Waals surface area contributed by atoms with E-state index in [4.69, 9.17) is 0 Å². The number of hydrogen-bond acceptors (Lipinski definition) is 3. The standard InChI is InChI=1S/C19H22N4O/c24-19(21-12-10-17-5-1-2-11-20-17)22-15-16-6-8-18(9-7-16)23-13-3-4-14-23/h1-9,11H,10,12-15H2,(H2,21,22,24). The summed E-state index contributed by atoms with van der Waals surface area (Å²) in [5.41, 5.74) is 3.28. The van der Waals surface area contributed by atoms with Crippen molar-refractivity contribution in [1.82, 2.24) is 15.6 Å². The maximum Gasteiger partial charge on any atom is 0.315 e. The highest BCUT2D eigenvalue weighted by molar-refractivity contribution is 5.73. The largest absolute Gasteiger partial charge is 0.364 e. The number of aromatic nitrogens is 1. The molecule has 2 aromatic rings. The van der Waals surface area contributed by atoms with Gasteiger partial charge in [-0.15, -0.1) is 0 Å². The molecule has 0 aliphatic carbocycles. The highest BCUT2D eigenvalue weighted by Gasteiger charge is 2.07. The van der Waals surface area contributed by atoms with Gasteiger partial charge in [0.05, 0.1) is 0 Å². The smallest absolute Gasteiger partial charge is 0.315 e. The van der Waals surface area contributed by atoms with E-state index in [0.29, 0.717) is 13.1 Å². The van der Waals surface area contributed by atoms with Crippen LogP contribution >= 0.6 is 0 Å². The molecule has 24 heavy (non-hydrogen) atoms. The van der Waals surface area contributed by atoms with Crippen LogP contribution in [0.4, 0.5) is 10.5 Å². The van der Waals surface area contributed by atoms with Crippen LogP contribution in [0.3, 0.4) is 0 Å². The van der Waals surface area contributed by atoms with Crippen molar-refractivity contribution >= 4 is 11.7 Å². The third-order valence-corrected chi connectivity index (χ3v) is 3.97. The summed E-state index contributed by atoms with van der Waals surface area (Å²) >= 11 is 0. The van der Waals surface area contributed by atoms with Gasteiger partial charge in [-0.25, -0.2) is 4.79 Å². The zero-order valence-corrected chi connectivity index (χ0v) is 13.6. The molecule has 5 heteroatoms. The number of benzene rings is 1. The number of nitrogens with one attached hydrogen (secondary N) is 2. The first-order valence-corrected chi connectivity index (χ1v) is 8.22. The molecule has 1 aromatic heterocycles. The van der Waals surface area contributed by atoms with Gasteiger partial charge in [0.15, 0.2) is 0 Å². The van der Waals surface area contributed by atoms with E-state index in [1.807, 2.05) is 18.2 Å². The molecular weight excluding hydrogens is 300 g/mol. The third-order valence-electron chi connectivity index (χ3n) is 3.97. The van der Waals surface area contributed by atoms with Crippen LogP contribution < -0.4 is 15.5 Å². The molecule has 2 amide bonds. The first kappa shape index (κ1) is 16.1. The van der Waals surface area contributed by atoms with E-state index in [0.717, 1.165) is 30.8 Å². The van der Waals surface area contributed by atoms with E-state index in [2.05, 4.69) is 56.9 Å². The Balaban J connectivity index is 1.38. The molecule has 0 radical (unpaired) electrons. The quantitative estimate of drug-likeness (QED) is 0.804. The van der Waals surface area contributed by atoms with Crippen molar-refractivity contribution in [1.29, 1.82) is 0 Å². The maximum absolute atomic E-state index is 11.8. The SMILES string of the molecule is O=C(NCCc1ccccn1)NCc1ccc(N2CC=CC2)cc1. The van der Waals surface area contributed by atoms with Gasteiger partial charge >= 0.3 is 6.03 Å². The first-order valence-electron chi connectivity index (χ1n) is 8.22. The van der Waals surface area contributed by atoms with Crippen molar-refractivity contribution in [2.24, 2.45) is 0 Å². The van der Waals surface area contributed by atoms with Gasteiger partial charge in [0.1, 0.15) is 0 Å². The van der Waals surface area contributed by atoms with Gasteiger partial charge in [-0.05, 0) is 29.8 Å². The molecule has 0 bridgehead atoms. The number of nitrogens with zero attached hydrogens (tertiary/aromatic N) is 2. The molecule has 3 rings (SSSR count). The highest BCUT2D eigenvalue weighted by atomic mass is 16.2. The van der Waals surface area contributed by atoms with Crippen LogP contribution in [0.1, 0.15) is 11.3 Å². The molecule has 1 aliphatic heterocycles. The van der Waals surface area contributed by atoms with E-state index in [9.17, 15) is 4.79 Å². The third kappa shape index (κ3) is 4.59. The topological polar surface area (TPSA) is 57.3 Å². The number of amides is 2. The van der Waals surface area contributed by atoms with Crippen LogP contribution in [0.5, 0.6) is 0 Å². The van der Waals surface area contributed by atoms with Gasteiger partial charge in [-0.1, -0.05) is 30.4 Å². The highest BCUT2D eigenvalue weighted by Crippen LogP contribution is 2.17. The second-order valence-electron chi connectivity index (χ2n) is 5.72. The Morgan fingerprint density at radius 3 is 2.54 bits per heavy atom. The van der Waals surface area contributed by atoms with Crippen LogP contribution in [0, 0.1) is 0 Å². The monoisotopic (exact) mass is 322 g/mol. The minimum absolute atomic E-state index is 0.154. The molecule has 2 N–H and O–H groups in total. The molecule has 0 spiro atoms. The lowest BCUT2D eigenvalue weighted by Crippen LogP contribution is -2.36. The van der Waals surface area contributed by atoms with E-state index in [1.165, 1.54) is 5.69 Å². The summed E-state index contributed by atoms with van der Waals surface area (Å²) in [4.78, 5) is 18.3. The fourth-order valence-electron chi connectivity index (χ4n) is 2.61. The van der Waals surface area contributed by atoms with Crippen molar-refractivity contribution < 1.29 is 4.79 Å². The van der Waals surface area contributed by atoms with Crippen molar-refractivity contribution in [3.05, 3.63) is 72.1 Å². The summed E-state index contributed by atoms with van der Waals surface area (Å²) in [7, 11) is 0. The van der Waals surface area contributed by atoms with Crippen LogP contribution in [-0.4, -0.2) is 30.6 Å². The summed E-state index contributed by atoms with van der Waals surface area (Å²) in [6.07, 6.45) is 6.83. The molecule has 1 aliphatic rings. The fraction of sp³-hybridized carbons (Fsp3) is 0.263. The van der Waals surface area contributed by atoms with Gasteiger partial charge in [-0.2, -0.15) is 0 Å². The van der Waals surface area contributed by atoms with Crippen molar-refractivity contribution in [2.45, 2.75) is 13.0 Å². The van der Waals surface area contributed by atoms with Gasteiger partial charge in [0.2, 0.25) is 0 Å². The summed E-state index contributed by atoms with van der Waals surface area (Å²) < 4.78 is 0. The zero-order chi connectivity index (χ0) is 16.6. The normalized spacial score (nSPS) is 13.1. The number of carbonyl (C=O) groups excluding carboxylic acids is 1. The van der Waals surface area contributed by atoms with E-state index in [1.54, 1.807) is 6.20 Å². The number of carbonyl (C=O) groups is 1. The molecule has 1 aromatic carbocycles. The van der Waals surface area contributed by atoms with Gasteiger partial charge in [-0.3, -0.25) is 4.98 Å². The molecule has 0 saturated carbocycles. The number of anilines is 1. The average molecular weight is 322 g/mol. The van der Waals surface area contributed by atoms with Crippen molar-refractivity contribution in [3.8, 4) is 0 Å². The van der Waals surface area contributed by atoms with Crippen LogP contribution in [-0.2, 0) is 13.0 Å². The van der Waals surface area contributed by atoms with Crippen LogP contribution in [0.2, 0.25) is 0 Å². The molecule has 0 unspecified atom stereocenters. The zero-order valence-electron chi connectivity index (χ0n) is 13.6. The Bertz CT molecular complexity index is 674. The minimum atomic E-state index is -0.154. The Kier molecular flexibility index (Phi) is 5.45.